The lowest BCUT2D eigenvalue weighted by Crippen LogP contribution is -2.60. The molecule has 0 atom stereocenters. The van der Waals surface area contributed by atoms with E-state index in [9.17, 15) is 8.42 Å². The zero-order chi connectivity index (χ0) is 19.4. The Kier molecular flexibility index (Phi) is 4.37. The number of rotatable bonds is 4. The first-order chi connectivity index (χ1) is 13.5. The lowest BCUT2D eigenvalue weighted by molar-refractivity contribution is 0.221. The van der Waals surface area contributed by atoms with Crippen molar-refractivity contribution in [3.63, 3.8) is 0 Å². The highest BCUT2D eigenvalue weighted by Crippen LogP contribution is 2.47. The first-order valence-corrected chi connectivity index (χ1v) is 11.7. The number of anilines is 1. The number of aromatic nitrogens is 3. The number of nitrogens with zero attached hydrogens (tertiary/aromatic N) is 5. The van der Waals surface area contributed by atoms with Gasteiger partial charge in [-0.3, -0.25) is 0 Å². The molecule has 5 rings (SSSR count). The number of hydrogen-bond acceptors (Lipinski definition) is 5. The molecule has 2 aromatic heterocycles. The van der Waals surface area contributed by atoms with Gasteiger partial charge in [0.1, 0.15) is 17.8 Å². The third kappa shape index (κ3) is 2.91. The van der Waals surface area contributed by atoms with E-state index in [2.05, 4.69) is 19.9 Å². The molecule has 0 amide bonds. The van der Waals surface area contributed by atoms with Crippen LogP contribution in [0.3, 0.4) is 0 Å². The molecule has 2 aliphatic carbocycles. The Morgan fingerprint density at radius 2 is 1.96 bits per heavy atom. The molecule has 1 N–H and O–H groups in total. The fourth-order valence-electron chi connectivity index (χ4n) is 4.95. The molecule has 0 aromatic carbocycles. The average Bonchev–Trinajstić information content (AvgIpc) is 3.28. The number of nitrogens with one attached hydrogen (secondary N) is 1. The van der Waals surface area contributed by atoms with E-state index in [0.717, 1.165) is 55.4 Å². The molecule has 9 heteroatoms. The minimum atomic E-state index is -3.44. The molecule has 1 spiro atoms. The summed E-state index contributed by atoms with van der Waals surface area (Å²) in [6, 6.07) is 2.14. The van der Waals surface area contributed by atoms with Crippen molar-refractivity contribution in [1.29, 1.82) is 0 Å². The van der Waals surface area contributed by atoms with E-state index in [1.54, 1.807) is 22.0 Å². The zero-order valence-corrected chi connectivity index (χ0v) is 17.2. The molecule has 3 fully saturated rings. The highest BCUT2D eigenvalue weighted by atomic mass is 32.2. The highest BCUT2D eigenvalue weighted by Gasteiger charge is 2.57. The van der Waals surface area contributed by atoms with Crippen LogP contribution in [-0.4, -0.2) is 70.2 Å². The van der Waals surface area contributed by atoms with E-state index in [-0.39, 0.29) is 11.6 Å². The monoisotopic (exact) mass is 404 g/mol. The quantitative estimate of drug-likeness (QED) is 0.844. The van der Waals surface area contributed by atoms with Gasteiger partial charge < -0.3 is 9.88 Å². The van der Waals surface area contributed by atoms with Crippen LogP contribution in [0.25, 0.3) is 11.0 Å². The van der Waals surface area contributed by atoms with Crippen LogP contribution in [0.15, 0.2) is 18.6 Å². The number of H-pyrrole nitrogens is 1. The number of aromatic amines is 1. The second-order valence-corrected chi connectivity index (χ2v) is 10.4. The molecule has 1 saturated heterocycles. The molecule has 3 heterocycles. The third-order valence-corrected chi connectivity index (χ3v) is 8.93. The van der Waals surface area contributed by atoms with Crippen molar-refractivity contribution >= 4 is 27.1 Å². The highest BCUT2D eigenvalue weighted by molar-refractivity contribution is 7.86. The molecule has 8 nitrogen and oxygen atoms in total. The summed E-state index contributed by atoms with van der Waals surface area (Å²) in [7, 11) is -1.66. The lowest BCUT2D eigenvalue weighted by atomic mass is 9.96. The van der Waals surface area contributed by atoms with Crippen LogP contribution >= 0.6 is 0 Å². The molecule has 0 bridgehead atoms. The molecular weight excluding hydrogens is 376 g/mol. The van der Waals surface area contributed by atoms with Gasteiger partial charge in [0.15, 0.2) is 0 Å². The fraction of sp³-hybridized carbons (Fsp3) is 0.684. The van der Waals surface area contributed by atoms with E-state index in [4.69, 9.17) is 0 Å². The first kappa shape index (κ1) is 18.3. The minimum absolute atomic E-state index is 0.147. The van der Waals surface area contributed by atoms with Crippen molar-refractivity contribution < 1.29 is 8.42 Å². The predicted octanol–water partition coefficient (Wildman–Crippen LogP) is 2.12. The smallest absolute Gasteiger partial charge is 0.282 e. The van der Waals surface area contributed by atoms with E-state index in [1.807, 2.05) is 12.3 Å². The van der Waals surface area contributed by atoms with Crippen LogP contribution in [0.4, 0.5) is 5.82 Å². The van der Waals surface area contributed by atoms with Crippen molar-refractivity contribution in [3.8, 4) is 0 Å². The van der Waals surface area contributed by atoms with Crippen LogP contribution in [0, 0.1) is 0 Å². The Morgan fingerprint density at radius 1 is 1.18 bits per heavy atom. The molecule has 28 heavy (non-hydrogen) atoms. The molecule has 2 saturated carbocycles. The van der Waals surface area contributed by atoms with Gasteiger partial charge in [-0.05, 0) is 31.7 Å². The van der Waals surface area contributed by atoms with Gasteiger partial charge in [-0.15, -0.1) is 0 Å². The van der Waals surface area contributed by atoms with E-state index in [0.29, 0.717) is 19.6 Å². The second kappa shape index (κ2) is 6.67. The summed E-state index contributed by atoms with van der Waals surface area (Å²) in [5, 5.41) is 0.994. The van der Waals surface area contributed by atoms with Gasteiger partial charge in [0.2, 0.25) is 0 Å². The molecule has 152 valence electrons. The summed E-state index contributed by atoms with van der Waals surface area (Å²) in [6.07, 6.45) is 10.7. The fourth-order valence-corrected chi connectivity index (χ4v) is 6.89. The Balaban J connectivity index is 1.39. The predicted molar refractivity (Wildman–Crippen MR) is 108 cm³/mol. The van der Waals surface area contributed by atoms with Gasteiger partial charge in [-0.2, -0.15) is 17.0 Å². The summed E-state index contributed by atoms with van der Waals surface area (Å²) in [5.74, 6) is 0.898. The van der Waals surface area contributed by atoms with Gasteiger partial charge in [0, 0.05) is 38.9 Å². The maximum atomic E-state index is 13.5. The standard InChI is InChI=1S/C19H28N6O2S/c1-23(15-5-3-2-4-6-15)28(26,27)25-12-11-24(13-19(25)8-9-19)18-16-7-10-20-17(16)21-14-22-18/h7,10,14-15H,2-6,8-9,11-13H2,1H3,(H,20,21,22). The van der Waals surface area contributed by atoms with Crippen molar-refractivity contribution in [2.45, 2.75) is 56.5 Å². The van der Waals surface area contributed by atoms with Gasteiger partial charge in [-0.1, -0.05) is 19.3 Å². The van der Waals surface area contributed by atoms with Gasteiger partial charge >= 0.3 is 0 Å². The molecule has 0 unspecified atom stereocenters. The minimum Gasteiger partial charge on any atom is -0.353 e. The zero-order valence-electron chi connectivity index (χ0n) is 16.3. The van der Waals surface area contributed by atoms with Gasteiger partial charge in [0.25, 0.3) is 10.2 Å². The molecule has 3 aliphatic rings. The van der Waals surface area contributed by atoms with Gasteiger partial charge in [-0.25, -0.2) is 9.97 Å². The topological polar surface area (TPSA) is 85.4 Å². The Morgan fingerprint density at radius 3 is 2.71 bits per heavy atom. The lowest BCUT2D eigenvalue weighted by Gasteiger charge is -2.44. The molecule has 1 aliphatic heterocycles. The maximum absolute atomic E-state index is 13.5. The Hall–Kier alpha value is -1.71. The van der Waals surface area contributed by atoms with Crippen molar-refractivity contribution in [2.75, 3.05) is 31.6 Å². The SMILES string of the molecule is CN(C1CCCCC1)S(=O)(=O)N1CCN(c2ncnc3[nH]ccc23)CC12CC2. The summed E-state index contributed by atoms with van der Waals surface area (Å²) in [6.45, 7) is 1.86. The second-order valence-electron chi connectivity index (χ2n) is 8.47. The van der Waals surface area contributed by atoms with Crippen LogP contribution in [-0.2, 0) is 10.2 Å². The molecule has 0 radical (unpaired) electrons. The largest absolute Gasteiger partial charge is 0.353 e. The van der Waals surface area contributed by atoms with Crippen molar-refractivity contribution in [2.24, 2.45) is 0 Å². The van der Waals surface area contributed by atoms with E-state index >= 15 is 0 Å². The van der Waals surface area contributed by atoms with Gasteiger partial charge in [0.05, 0.1) is 10.9 Å². The van der Waals surface area contributed by atoms with Crippen LogP contribution in [0.5, 0.6) is 0 Å². The van der Waals surface area contributed by atoms with E-state index in [1.165, 1.54) is 6.42 Å². The Labute approximate surface area is 166 Å². The van der Waals surface area contributed by atoms with E-state index < -0.39 is 10.2 Å². The van der Waals surface area contributed by atoms with Crippen molar-refractivity contribution in [3.05, 3.63) is 18.6 Å². The van der Waals surface area contributed by atoms with Crippen molar-refractivity contribution in [1.82, 2.24) is 23.6 Å². The Bertz CT molecular complexity index is 964. The summed E-state index contributed by atoms with van der Waals surface area (Å²) in [5.41, 5.74) is 0.537. The third-order valence-electron chi connectivity index (χ3n) is 6.78. The summed E-state index contributed by atoms with van der Waals surface area (Å²) >= 11 is 0. The number of piperazine rings is 1. The summed E-state index contributed by atoms with van der Waals surface area (Å²) in [4.78, 5) is 14.1. The summed E-state index contributed by atoms with van der Waals surface area (Å²) < 4.78 is 30.4. The average molecular weight is 405 g/mol. The van der Waals surface area contributed by atoms with Crippen LogP contribution < -0.4 is 4.90 Å². The normalized spacial score (nSPS) is 23.7. The first-order valence-electron chi connectivity index (χ1n) is 10.3. The van der Waals surface area contributed by atoms with Crippen LogP contribution in [0.2, 0.25) is 0 Å². The number of fused-ring (bicyclic) bond motifs is 1. The molecular formula is C19H28N6O2S. The number of hydrogen-bond donors (Lipinski definition) is 1. The molecule has 2 aromatic rings. The van der Waals surface area contributed by atoms with Crippen LogP contribution in [0.1, 0.15) is 44.9 Å². The maximum Gasteiger partial charge on any atom is 0.282 e.